The van der Waals surface area contributed by atoms with Crippen LogP contribution in [-0.4, -0.2) is 88.3 Å². The van der Waals surface area contributed by atoms with Crippen molar-refractivity contribution in [2.45, 2.75) is 150 Å². The van der Waals surface area contributed by atoms with E-state index in [-0.39, 0.29) is 45.0 Å². The summed E-state index contributed by atoms with van der Waals surface area (Å²) in [5.41, 5.74) is 8.02. The van der Waals surface area contributed by atoms with E-state index in [0.717, 1.165) is 42.0 Å². The van der Waals surface area contributed by atoms with Crippen molar-refractivity contribution in [3.05, 3.63) is 119 Å². The van der Waals surface area contributed by atoms with Crippen LogP contribution in [0.5, 0.6) is 0 Å². The van der Waals surface area contributed by atoms with Gasteiger partial charge >= 0.3 is 5.97 Å². The van der Waals surface area contributed by atoms with Gasteiger partial charge in [-0.25, -0.2) is 32.2 Å². The van der Waals surface area contributed by atoms with Crippen LogP contribution in [0.15, 0.2) is 59.6 Å². The molecular weight excluding hydrogens is 1170 g/mol. The van der Waals surface area contributed by atoms with E-state index >= 15 is 0 Å². The van der Waals surface area contributed by atoms with Gasteiger partial charge in [-0.15, -0.1) is 20.4 Å². The van der Waals surface area contributed by atoms with E-state index in [1.807, 2.05) is 26.0 Å². The van der Waals surface area contributed by atoms with Crippen LogP contribution >= 0.6 is 69.6 Å². The molecule has 1 unspecified atom stereocenters. The Hall–Kier alpha value is -5.41. The van der Waals surface area contributed by atoms with Crippen molar-refractivity contribution in [1.82, 2.24) is 45.0 Å². The Bertz CT molecular complexity index is 3440. The summed E-state index contributed by atoms with van der Waals surface area (Å²) in [7, 11) is -3.02. The van der Waals surface area contributed by atoms with Crippen LogP contribution in [0, 0.1) is 13.8 Å². The van der Waals surface area contributed by atoms with Crippen LogP contribution in [0.3, 0.4) is 0 Å². The van der Waals surface area contributed by atoms with Gasteiger partial charge in [0.05, 0.1) is 61.7 Å². The van der Waals surface area contributed by atoms with E-state index in [0.29, 0.717) is 78.7 Å². The Morgan fingerprint density at radius 2 is 1.39 bits per heavy atom. The number of carboxylic acids is 1. The highest BCUT2D eigenvalue weighted by atomic mass is 35.5. The lowest BCUT2D eigenvalue weighted by Gasteiger charge is -2.27. The predicted octanol–water partition coefficient (Wildman–Crippen LogP) is 14.7. The Morgan fingerprint density at radius 3 is 2.01 bits per heavy atom. The average Bonchev–Trinajstić information content (AvgIpc) is 4.24. The summed E-state index contributed by atoms with van der Waals surface area (Å²) < 4.78 is 28.2. The molecule has 0 saturated carbocycles. The number of hydrogen-bond donors (Lipinski definition) is 4. The molecule has 1 saturated heterocycles. The number of carboxylic acid groups (broad SMARTS) is 1. The van der Waals surface area contributed by atoms with E-state index in [1.54, 1.807) is 34.2 Å². The van der Waals surface area contributed by atoms with Crippen molar-refractivity contribution < 1.29 is 27.9 Å². The molecule has 4 aromatic heterocycles. The molecule has 1 aliphatic rings. The van der Waals surface area contributed by atoms with Crippen molar-refractivity contribution >= 4 is 131 Å². The maximum Gasteiger partial charge on any atom is 0.335 e. The van der Waals surface area contributed by atoms with E-state index in [2.05, 4.69) is 68.7 Å². The minimum absolute atomic E-state index is 0.0829. The number of carbonyl (C=O) groups is 3. The first-order valence-corrected chi connectivity index (χ1v) is 30.5. The third-order valence-electron chi connectivity index (χ3n) is 13.1. The number of halogens is 6. The normalized spacial score (nSPS) is 13.6. The lowest BCUT2D eigenvalue weighted by Crippen LogP contribution is -2.36. The van der Waals surface area contributed by atoms with Gasteiger partial charge in [0.2, 0.25) is 5.91 Å². The summed E-state index contributed by atoms with van der Waals surface area (Å²) >= 11 is 37.0. The zero-order chi connectivity index (χ0) is 58.6. The van der Waals surface area contributed by atoms with Gasteiger partial charge in [0, 0.05) is 29.5 Å². The number of hydrazine groups is 1. The Balaban J connectivity index is 0.000000195. The van der Waals surface area contributed by atoms with Crippen LogP contribution in [0.25, 0.3) is 11.3 Å². The molecule has 7 aromatic rings. The molecule has 432 valence electrons. The summed E-state index contributed by atoms with van der Waals surface area (Å²) in [6, 6.07) is 14.2. The van der Waals surface area contributed by atoms with E-state index in [9.17, 15) is 27.9 Å². The summed E-state index contributed by atoms with van der Waals surface area (Å²) in [5, 5.41) is 35.8. The first-order valence-electron chi connectivity index (χ1n) is 26.4. The smallest absolute Gasteiger partial charge is 0.335 e. The summed E-state index contributed by atoms with van der Waals surface area (Å²) in [6.07, 6.45) is 13.3. The van der Waals surface area contributed by atoms with E-state index in [4.69, 9.17) is 69.6 Å². The second-order valence-electron chi connectivity index (χ2n) is 20.7. The number of benzene rings is 3. The quantitative estimate of drug-likeness (QED) is 0.0495. The van der Waals surface area contributed by atoms with Gasteiger partial charge in [0.1, 0.15) is 31.4 Å². The van der Waals surface area contributed by atoms with Gasteiger partial charge in [0.25, 0.3) is 5.91 Å². The number of carbonyl (C=O) groups excluding carboxylic acids is 2. The van der Waals surface area contributed by atoms with Gasteiger partial charge < -0.3 is 10.0 Å². The average molecular weight is 1240 g/mol. The lowest BCUT2D eigenvalue weighted by atomic mass is 9.92. The number of aryl methyl sites for hydroxylation is 3. The second kappa shape index (κ2) is 28.5. The zero-order valence-electron chi connectivity index (χ0n) is 46.1. The highest BCUT2D eigenvalue weighted by Crippen LogP contribution is 2.38. The standard InChI is InChI=1S/C23H41ClN4O2S.C16H11Cl4N3O.C16H16ClN5O3/c1-5-6-7-8-9-10-11-12-13-14-17-31(29,30)18-15-16-19-25-26-22-20(24)21(23(2,3)4)27-28(19)22;1-8-2-3-10(18)13(4-8)21-14-7-15(24)23(22-14)16-11(19)5-9(17)6-12(16)20;1-8-13(17)15-19-18-14(22(15)20-8)9(2)21(10(3)23)12-6-4-5-11(7-12)16(24)25/h27H,5-18H2,1-4H3;2-6H,7H2,1H3,(H,21,22);4-7,9,20H,1-3H3,(H,24,25). The molecule has 4 N–H and O–H groups in total. The number of fused-ring (bicyclic) bond motifs is 2. The minimum Gasteiger partial charge on any atom is -0.478 e. The third kappa shape index (κ3) is 16.6. The number of aromatic amines is 2. The van der Waals surface area contributed by atoms with Crippen LogP contribution in [-0.2, 0) is 31.3 Å². The van der Waals surface area contributed by atoms with Crippen molar-refractivity contribution in [3.63, 3.8) is 0 Å². The molecule has 1 aliphatic heterocycles. The maximum atomic E-state index is 12.4. The zero-order valence-corrected chi connectivity index (χ0v) is 51.4. The number of anilines is 2. The fraction of sp³-hybridized carbons (Fsp3) is 0.455. The van der Waals surface area contributed by atoms with Gasteiger partial charge in [-0.2, -0.15) is 0 Å². The number of H-pyrrole nitrogens is 2. The van der Waals surface area contributed by atoms with Crippen molar-refractivity contribution in [2.75, 3.05) is 21.4 Å². The second-order valence-corrected chi connectivity index (χ2v) is 25.4. The summed E-state index contributed by atoms with van der Waals surface area (Å²) in [6.45, 7) is 15.4. The molecule has 0 spiro atoms. The van der Waals surface area contributed by atoms with Crippen LogP contribution in [0.1, 0.15) is 164 Å². The molecule has 3 aromatic carbocycles. The summed E-state index contributed by atoms with van der Waals surface area (Å²) in [4.78, 5) is 41.7. The van der Waals surface area contributed by atoms with Gasteiger partial charge in [-0.05, 0) is 81.6 Å². The molecule has 1 atom stereocenters. The predicted molar refractivity (Wildman–Crippen MR) is 322 cm³/mol. The van der Waals surface area contributed by atoms with Crippen molar-refractivity contribution in [1.29, 1.82) is 0 Å². The molecule has 5 heterocycles. The largest absolute Gasteiger partial charge is 0.478 e. The fourth-order valence-corrected chi connectivity index (χ4v) is 12.1. The van der Waals surface area contributed by atoms with Crippen LogP contribution < -0.4 is 15.3 Å². The molecule has 0 bridgehead atoms. The fourth-order valence-electron chi connectivity index (χ4n) is 8.96. The molecule has 0 radical (unpaired) electrons. The minimum atomic E-state index is -3.02. The van der Waals surface area contributed by atoms with Crippen molar-refractivity contribution in [2.24, 2.45) is 4.99 Å². The number of hydrogen-bond acceptors (Lipinski definition) is 10. The van der Waals surface area contributed by atoms with Crippen LogP contribution in [0.4, 0.5) is 17.1 Å². The topological polar surface area (TPSA) is 228 Å². The first kappa shape index (κ1) is 63.8. The van der Waals surface area contributed by atoms with E-state index in [1.165, 1.54) is 86.0 Å². The SMILES string of the molecule is CC(=O)N(c1cccc(C(=O)O)c1)C(C)c1nnc2c(Cl)c(C)[nH]n12.CCCCCCCCCCCCS(=O)(=O)CCCc1nnc2c(Cl)c(C(C)(C)C)[nH]n12.Cc1ccc(Cl)c(N=C2CC(=O)N(c3c(Cl)cc(Cl)cc3Cl)N2)c1. The first-order chi connectivity index (χ1) is 37.8. The number of rotatable bonds is 21. The Morgan fingerprint density at radius 1 is 0.775 bits per heavy atom. The lowest BCUT2D eigenvalue weighted by molar-refractivity contribution is -0.117. The Kier molecular flexibility index (Phi) is 22.7. The summed E-state index contributed by atoms with van der Waals surface area (Å²) in [5.74, 6) is 0.609. The molecule has 0 aliphatic carbocycles. The number of aromatic carboxylic acids is 1. The number of amidine groups is 1. The molecule has 25 heteroatoms. The molecule has 18 nitrogen and oxygen atoms in total. The van der Waals surface area contributed by atoms with Gasteiger partial charge in [0.15, 0.2) is 22.9 Å². The molecule has 2 amide bonds. The molecule has 8 rings (SSSR count). The van der Waals surface area contributed by atoms with Crippen LogP contribution in [0.2, 0.25) is 30.1 Å². The molecule has 80 heavy (non-hydrogen) atoms. The van der Waals surface area contributed by atoms with Gasteiger partial charge in [-0.3, -0.25) is 25.2 Å². The molecule has 1 fully saturated rings. The van der Waals surface area contributed by atoms with Gasteiger partial charge in [-0.1, -0.05) is 167 Å². The number of amides is 2. The highest BCUT2D eigenvalue weighted by Gasteiger charge is 2.31. The number of nitrogens with zero attached hydrogens (tertiary/aromatic N) is 9. The number of aliphatic imine (C=N–C) groups is 1. The maximum absolute atomic E-state index is 12.4. The number of aromatic nitrogens is 8. The number of sulfone groups is 1. The third-order valence-corrected chi connectivity index (χ3v) is 16.9. The highest BCUT2D eigenvalue weighted by molar-refractivity contribution is 7.91. The monoisotopic (exact) mass is 1230 g/mol. The molecular formula is C55H68Cl6N12O6S. The Labute approximate surface area is 496 Å². The number of nitrogens with one attached hydrogen (secondary N) is 3. The number of unbranched alkanes of at least 4 members (excludes halogenated alkanes) is 9. The van der Waals surface area contributed by atoms with E-state index < -0.39 is 21.8 Å². The van der Waals surface area contributed by atoms with Crippen molar-refractivity contribution in [3.8, 4) is 0 Å².